The van der Waals surface area contributed by atoms with Crippen molar-refractivity contribution in [1.82, 2.24) is 0 Å². The second-order valence-electron chi connectivity index (χ2n) is 6.77. The SMILES string of the molecule is CCc1ccccc1NC=C1C(=O)c2sccc2N(Cc2cccc(F)c2)S1(=O)=O. The van der Waals surface area contributed by atoms with Crippen LogP contribution in [0.15, 0.2) is 71.1 Å². The molecule has 0 bridgehead atoms. The number of ketones is 1. The minimum atomic E-state index is -4.13. The molecule has 0 saturated carbocycles. The van der Waals surface area contributed by atoms with Gasteiger partial charge in [0, 0.05) is 11.9 Å². The zero-order valence-electron chi connectivity index (χ0n) is 16.1. The van der Waals surface area contributed by atoms with Crippen LogP contribution in [0.3, 0.4) is 0 Å². The van der Waals surface area contributed by atoms with Gasteiger partial charge in [0.2, 0.25) is 5.78 Å². The summed E-state index contributed by atoms with van der Waals surface area (Å²) in [6, 6.07) is 14.9. The number of anilines is 2. The Morgan fingerprint density at radius 2 is 1.93 bits per heavy atom. The van der Waals surface area contributed by atoms with Crippen LogP contribution < -0.4 is 9.62 Å². The van der Waals surface area contributed by atoms with Gasteiger partial charge in [-0.1, -0.05) is 37.3 Å². The smallest absolute Gasteiger partial charge is 0.270 e. The highest BCUT2D eigenvalue weighted by Gasteiger charge is 2.41. The standard InChI is InChI=1S/C22H19FN2O3S2/c1-2-16-7-3-4-9-18(16)24-13-20-21(26)22-19(10-11-29-22)25(30(20,27)28)14-15-6-5-8-17(23)12-15/h3-13,24H,2,14H2,1H3. The Kier molecular flexibility index (Phi) is 5.44. The first-order valence-corrected chi connectivity index (χ1v) is 11.7. The Morgan fingerprint density at radius 1 is 1.13 bits per heavy atom. The average molecular weight is 443 g/mol. The number of benzene rings is 2. The number of sulfonamides is 1. The molecular weight excluding hydrogens is 423 g/mol. The van der Waals surface area contributed by atoms with E-state index in [0.717, 1.165) is 22.0 Å². The Balaban J connectivity index is 1.76. The number of aryl methyl sites for hydroxylation is 1. The molecule has 0 unspecified atom stereocenters. The topological polar surface area (TPSA) is 66.5 Å². The molecule has 4 rings (SSSR count). The largest absolute Gasteiger partial charge is 0.360 e. The van der Waals surface area contributed by atoms with Crippen molar-refractivity contribution in [2.45, 2.75) is 19.9 Å². The first-order chi connectivity index (χ1) is 14.4. The molecule has 0 saturated heterocycles. The van der Waals surface area contributed by atoms with E-state index in [2.05, 4.69) is 5.32 Å². The number of Topliss-reactive ketones (excluding diaryl/α,β-unsaturated/α-hetero) is 1. The maximum Gasteiger partial charge on any atom is 0.270 e. The highest BCUT2D eigenvalue weighted by Crippen LogP contribution is 2.39. The molecule has 1 aromatic heterocycles. The van der Waals surface area contributed by atoms with Crippen molar-refractivity contribution in [2.75, 3.05) is 9.62 Å². The zero-order chi connectivity index (χ0) is 21.3. The molecule has 5 nitrogen and oxygen atoms in total. The number of para-hydroxylation sites is 1. The van der Waals surface area contributed by atoms with Gasteiger partial charge in [0.25, 0.3) is 10.0 Å². The van der Waals surface area contributed by atoms with Crippen LogP contribution in [0.1, 0.15) is 27.7 Å². The number of carbonyl (C=O) groups is 1. The van der Waals surface area contributed by atoms with Crippen LogP contribution >= 0.6 is 11.3 Å². The normalized spacial score (nSPS) is 16.5. The zero-order valence-corrected chi connectivity index (χ0v) is 17.8. The van der Waals surface area contributed by atoms with Gasteiger partial charge in [-0.2, -0.15) is 0 Å². The molecule has 0 spiro atoms. The quantitative estimate of drug-likeness (QED) is 0.569. The minimum absolute atomic E-state index is 0.0695. The van der Waals surface area contributed by atoms with E-state index in [4.69, 9.17) is 0 Å². The van der Waals surface area contributed by atoms with E-state index < -0.39 is 21.6 Å². The van der Waals surface area contributed by atoms with Crippen molar-refractivity contribution in [3.8, 4) is 0 Å². The minimum Gasteiger partial charge on any atom is -0.360 e. The summed E-state index contributed by atoms with van der Waals surface area (Å²) in [7, 11) is -4.13. The fraction of sp³-hybridized carbons (Fsp3) is 0.136. The predicted octanol–water partition coefficient (Wildman–Crippen LogP) is 4.94. The average Bonchev–Trinajstić information content (AvgIpc) is 3.21. The number of nitrogens with one attached hydrogen (secondary N) is 1. The van der Waals surface area contributed by atoms with Gasteiger partial charge < -0.3 is 5.32 Å². The molecule has 1 aliphatic rings. The lowest BCUT2D eigenvalue weighted by Gasteiger charge is -2.29. The predicted molar refractivity (Wildman–Crippen MR) is 118 cm³/mol. The summed E-state index contributed by atoms with van der Waals surface area (Å²) in [5.41, 5.74) is 2.56. The maximum absolute atomic E-state index is 13.6. The van der Waals surface area contributed by atoms with Gasteiger partial charge in [0.05, 0.1) is 12.2 Å². The fourth-order valence-corrected chi connectivity index (χ4v) is 5.85. The Hall–Kier alpha value is -2.97. The molecular formula is C22H19FN2O3S2. The van der Waals surface area contributed by atoms with E-state index in [1.54, 1.807) is 17.5 Å². The first-order valence-electron chi connectivity index (χ1n) is 9.36. The number of thiophene rings is 1. The van der Waals surface area contributed by atoms with Crippen LogP contribution in [0.4, 0.5) is 15.8 Å². The van der Waals surface area contributed by atoms with E-state index in [1.165, 1.54) is 35.7 Å². The molecule has 30 heavy (non-hydrogen) atoms. The van der Waals surface area contributed by atoms with Crippen LogP contribution in [0.25, 0.3) is 0 Å². The van der Waals surface area contributed by atoms with Crippen LogP contribution in [0.5, 0.6) is 0 Å². The van der Waals surface area contributed by atoms with Crippen LogP contribution in [-0.4, -0.2) is 14.2 Å². The number of hydrogen-bond donors (Lipinski definition) is 1. The molecule has 0 fully saturated rings. The lowest BCUT2D eigenvalue weighted by molar-refractivity contribution is 0.104. The van der Waals surface area contributed by atoms with Gasteiger partial charge >= 0.3 is 0 Å². The molecule has 2 heterocycles. The monoisotopic (exact) mass is 442 g/mol. The van der Waals surface area contributed by atoms with Crippen molar-refractivity contribution < 1.29 is 17.6 Å². The van der Waals surface area contributed by atoms with Gasteiger partial charge in [-0.05, 0) is 47.2 Å². The highest BCUT2D eigenvalue weighted by atomic mass is 32.2. The van der Waals surface area contributed by atoms with E-state index in [-0.39, 0.29) is 11.4 Å². The number of carbonyl (C=O) groups excluding carboxylic acids is 1. The molecule has 1 N–H and O–H groups in total. The van der Waals surface area contributed by atoms with Crippen LogP contribution in [0.2, 0.25) is 0 Å². The molecule has 0 radical (unpaired) electrons. The van der Waals surface area contributed by atoms with Crippen molar-refractivity contribution in [2.24, 2.45) is 0 Å². The Labute approximate surface area is 178 Å². The summed E-state index contributed by atoms with van der Waals surface area (Å²) in [5.74, 6) is -0.992. The molecule has 8 heteroatoms. The van der Waals surface area contributed by atoms with Crippen LogP contribution in [-0.2, 0) is 23.0 Å². The summed E-state index contributed by atoms with van der Waals surface area (Å²) in [6.45, 7) is 1.93. The number of nitrogens with zero attached hydrogens (tertiary/aromatic N) is 1. The lowest BCUT2D eigenvalue weighted by atomic mass is 10.1. The third kappa shape index (κ3) is 3.64. The second kappa shape index (κ2) is 8.04. The molecule has 2 aromatic carbocycles. The summed E-state index contributed by atoms with van der Waals surface area (Å²) < 4.78 is 41.5. The van der Waals surface area contributed by atoms with Gasteiger partial charge in [-0.15, -0.1) is 11.3 Å². The van der Waals surface area contributed by atoms with E-state index >= 15 is 0 Å². The number of fused-ring (bicyclic) bond motifs is 1. The van der Waals surface area contributed by atoms with Crippen molar-refractivity contribution in [3.05, 3.63) is 92.9 Å². The van der Waals surface area contributed by atoms with Gasteiger partial charge in [0.1, 0.15) is 10.7 Å². The molecule has 0 aliphatic carbocycles. The number of halogens is 1. The third-order valence-electron chi connectivity index (χ3n) is 4.88. The van der Waals surface area contributed by atoms with Crippen molar-refractivity contribution in [3.63, 3.8) is 0 Å². The molecule has 154 valence electrons. The molecule has 3 aromatic rings. The van der Waals surface area contributed by atoms with E-state index in [1.807, 2.05) is 31.2 Å². The number of allylic oxidation sites excluding steroid dienone is 1. The van der Waals surface area contributed by atoms with Crippen molar-refractivity contribution >= 4 is 38.5 Å². The lowest BCUT2D eigenvalue weighted by Crippen LogP contribution is -2.38. The maximum atomic E-state index is 13.6. The summed E-state index contributed by atoms with van der Waals surface area (Å²) >= 11 is 1.19. The van der Waals surface area contributed by atoms with E-state index in [9.17, 15) is 17.6 Å². The number of rotatable bonds is 5. The first kappa shape index (κ1) is 20.3. The van der Waals surface area contributed by atoms with Gasteiger partial charge in [0.15, 0.2) is 4.91 Å². The molecule has 0 atom stereocenters. The molecule has 1 aliphatic heterocycles. The third-order valence-corrected chi connectivity index (χ3v) is 7.55. The Morgan fingerprint density at radius 3 is 2.70 bits per heavy atom. The second-order valence-corrected chi connectivity index (χ2v) is 9.52. The Bertz CT molecular complexity index is 1250. The van der Waals surface area contributed by atoms with E-state index in [0.29, 0.717) is 16.1 Å². The van der Waals surface area contributed by atoms with Crippen LogP contribution in [0, 0.1) is 5.82 Å². The summed E-state index contributed by atoms with van der Waals surface area (Å²) in [4.78, 5) is 13.0. The highest BCUT2D eigenvalue weighted by molar-refractivity contribution is 7.97. The summed E-state index contributed by atoms with van der Waals surface area (Å²) in [5, 5.41) is 4.67. The molecule has 0 amide bonds. The number of hydrogen-bond acceptors (Lipinski definition) is 5. The van der Waals surface area contributed by atoms with Gasteiger partial charge in [-0.3, -0.25) is 9.10 Å². The summed E-state index contributed by atoms with van der Waals surface area (Å²) in [6.07, 6.45) is 2.02. The fourth-order valence-electron chi connectivity index (χ4n) is 3.37. The van der Waals surface area contributed by atoms with Gasteiger partial charge in [-0.25, -0.2) is 12.8 Å². The van der Waals surface area contributed by atoms with Crippen molar-refractivity contribution in [1.29, 1.82) is 0 Å².